The second kappa shape index (κ2) is 6.10. The summed E-state index contributed by atoms with van der Waals surface area (Å²) in [7, 11) is 5.49. The Balaban J connectivity index is 2.33. The lowest BCUT2D eigenvalue weighted by atomic mass is 10.0. The van der Waals surface area contributed by atoms with Gasteiger partial charge in [-0.25, -0.2) is 4.98 Å². The molecule has 5 nitrogen and oxygen atoms in total. The highest BCUT2D eigenvalue weighted by Crippen LogP contribution is 2.31. The number of hydrogen-bond acceptors (Lipinski definition) is 4. The summed E-state index contributed by atoms with van der Waals surface area (Å²) < 4.78 is 6.15. The molecule has 0 fully saturated rings. The van der Waals surface area contributed by atoms with Crippen LogP contribution in [-0.2, 0) is 22.5 Å². The maximum absolute atomic E-state index is 12.3. The van der Waals surface area contributed by atoms with Gasteiger partial charge in [0, 0.05) is 50.5 Å². The van der Waals surface area contributed by atoms with Crippen LogP contribution in [0.3, 0.4) is 0 Å². The molecule has 6 heteroatoms. The van der Waals surface area contributed by atoms with Gasteiger partial charge in [0.2, 0.25) is 0 Å². The maximum atomic E-state index is 12.3. The van der Waals surface area contributed by atoms with E-state index >= 15 is 0 Å². The number of hydrogen-bond donors (Lipinski definition) is 0. The Bertz CT molecular complexity index is 519. The van der Waals surface area contributed by atoms with Crippen molar-refractivity contribution in [1.82, 2.24) is 9.88 Å². The van der Waals surface area contributed by atoms with Crippen molar-refractivity contribution in [3.63, 3.8) is 0 Å². The number of pyridine rings is 1. The fourth-order valence-corrected chi connectivity index (χ4v) is 2.98. The zero-order chi connectivity index (χ0) is 14.9. The van der Waals surface area contributed by atoms with Crippen LogP contribution in [-0.4, -0.2) is 49.6 Å². The molecular weight excluding hydrogens is 322 g/mol. The van der Waals surface area contributed by atoms with E-state index in [-0.39, 0.29) is 5.91 Å². The third-order valence-electron chi connectivity index (χ3n) is 3.64. The van der Waals surface area contributed by atoms with Crippen molar-refractivity contribution >= 4 is 27.7 Å². The molecule has 1 aromatic rings. The molecule has 1 aliphatic heterocycles. The second-order valence-corrected chi connectivity index (χ2v) is 6.02. The molecule has 2 heterocycles. The topological polar surface area (TPSA) is 45.7 Å². The number of rotatable bonds is 3. The maximum Gasteiger partial charge on any atom is 0.251 e. The van der Waals surface area contributed by atoms with E-state index in [0.717, 1.165) is 28.8 Å². The van der Waals surface area contributed by atoms with E-state index in [1.165, 1.54) is 5.56 Å². The van der Waals surface area contributed by atoms with Crippen LogP contribution in [0.4, 0.5) is 5.82 Å². The average molecular weight is 342 g/mol. The number of aromatic nitrogens is 1. The standard InChI is InChI=1S/C14H20BrN3O2/c1-9(20-4)14(19)18-6-5-10-11(8-18)13(17(2)3)16-7-12(10)15/h7,9H,5-6,8H2,1-4H3. The summed E-state index contributed by atoms with van der Waals surface area (Å²) in [4.78, 5) is 20.5. The lowest BCUT2D eigenvalue weighted by molar-refractivity contribution is -0.141. The predicted molar refractivity (Wildman–Crippen MR) is 81.9 cm³/mol. The van der Waals surface area contributed by atoms with Gasteiger partial charge in [-0.2, -0.15) is 0 Å². The highest BCUT2D eigenvalue weighted by Gasteiger charge is 2.28. The molecular formula is C14H20BrN3O2. The first kappa shape index (κ1) is 15.3. The highest BCUT2D eigenvalue weighted by molar-refractivity contribution is 9.10. The molecule has 1 amide bonds. The number of anilines is 1. The quantitative estimate of drug-likeness (QED) is 0.841. The summed E-state index contributed by atoms with van der Waals surface area (Å²) in [6.07, 6.45) is 2.27. The largest absolute Gasteiger partial charge is 0.372 e. The van der Waals surface area contributed by atoms with Gasteiger partial charge in [0.1, 0.15) is 11.9 Å². The molecule has 1 aromatic heterocycles. The molecule has 0 aromatic carbocycles. The third kappa shape index (κ3) is 2.81. The molecule has 0 bridgehead atoms. The monoisotopic (exact) mass is 341 g/mol. The molecule has 0 aliphatic carbocycles. The first-order valence-electron chi connectivity index (χ1n) is 6.60. The van der Waals surface area contributed by atoms with Gasteiger partial charge in [-0.3, -0.25) is 4.79 Å². The number of fused-ring (bicyclic) bond motifs is 1. The van der Waals surface area contributed by atoms with Crippen LogP contribution < -0.4 is 4.90 Å². The van der Waals surface area contributed by atoms with Crippen molar-refractivity contribution < 1.29 is 9.53 Å². The molecule has 0 saturated carbocycles. The lowest BCUT2D eigenvalue weighted by Gasteiger charge is -2.33. The number of carbonyl (C=O) groups is 1. The Hall–Kier alpha value is -1.14. The van der Waals surface area contributed by atoms with Crippen molar-refractivity contribution in [1.29, 1.82) is 0 Å². The fraction of sp³-hybridized carbons (Fsp3) is 0.571. The first-order valence-corrected chi connectivity index (χ1v) is 7.40. The normalized spacial score (nSPS) is 15.8. The Morgan fingerprint density at radius 3 is 2.80 bits per heavy atom. The minimum absolute atomic E-state index is 0.0304. The van der Waals surface area contributed by atoms with Crippen LogP contribution in [0.5, 0.6) is 0 Å². The van der Waals surface area contributed by atoms with Gasteiger partial charge in [0.05, 0.1) is 0 Å². The number of methoxy groups -OCH3 is 1. The average Bonchev–Trinajstić information content (AvgIpc) is 2.45. The molecule has 0 N–H and O–H groups in total. The predicted octanol–water partition coefficient (Wildman–Crippen LogP) is 1.83. The van der Waals surface area contributed by atoms with Gasteiger partial charge >= 0.3 is 0 Å². The van der Waals surface area contributed by atoms with Crippen molar-refractivity contribution in [2.45, 2.75) is 26.0 Å². The highest BCUT2D eigenvalue weighted by atomic mass is 79.9. The smallest absolute Gasteiger partial charge is 0.251 e. The van der Waals surface area contributed by atoms with Gasteiger partial charge in [-0.1, -0.05) is 0 Å². The molecule has 1 atom stereocenters. The van der Waals surface area contributed by atoms with Crippen LogP contribution in [0.2, 0.25) is 0 Å². The van der Waals surface area contributed by atoms with Crippen molar-refractivity contribution in [3.05, 3.63) is 21.8 Å². The van der Waals surface area contributed by atoms with Crippen LogP contribution in [0.1, 0.15) is 18.1 Å². The fourth-order valence-electron chi connectivity index (χ4n) is 2.44. The van der Waals surface area contributed by atoms with E-state index in [0.29, 0.717) is 6.54 Å². The first-order chi connectivity index (χ1) is 9.45. The van der Waals surface area contributed by atoms with Crippen molar-refractivity contribution in [2.75, 3.05) is 32.6 Å². The zero-order valence-corrected chi connectivity index (χ0v) is 13.9. The Labute approximate surface area is 128 Å². The zero-order valence-electron chi connectivity index (χ0n) is 12.3. The second-order valence-electron chi connectivity index (χ2n) is 5.17. The summed E-state index contributed by atoms with van der Waals surface area (Å²) in [6.45, 7) is 3.08. The van der Waals surface area contributed by atoms with Crippen LogP contribution in [0.25, 0.3) is 0 Å². The number of carbonyl (C=O) groups excluding carboxylic acids is 1. The van der Waals surface area contributed by atoms with Crippen molar-refractivity contribution in [2.24, 2.45) is 0 Å². The Kier molecular flexibility index (Phi) is 4.65. The van der Waals surface area contributed by atoms with Crippen LogP contribution >= 0.6 is 15.9 Å². The van der Waals surface area contributed by atoms with Gasteiger partial charge in [-0.15, -0.1) is 0 Å². The van der Waals surface area contributed by atoms with E-state index in [4.69, 9.17) is 4.74 Å². The SMILES string of the molecule is COC(C)C(=O)N1CCc2c(Br)cnc(N(C)C)c2C1. The summed E-state index contributed by atoms with van der Waals surface area (Å²) in [5.41, 5.74) is 2.37. The minimum atomic E-state index is -0.403. The van der Waals surface area contributed by atoms with Gasteiger partial charge in [-0.05, 0) is 34.8 Å². The van der Waals surface area contributed by atoms with Gasteiger partial charge < -0.3 is 14.5 Å². The van der Waals surface area contributed by atoms with E-state index in [1.54, 1.807) is 14.0 Å². The number of nitrogens with zero attached hydrogens (tertiary/aromatic N) is 3. The molecule has 0 spiro atoms. The summed E-state index contributed by atoms with van der Waals surface area (Å²) >= 11 is 3.56. The lowest BCUT2D eigenvalue weighted by Crippen LogP contribution is -2.42. The molecule has 2 rings (SSSR count). The van der Waals surface area contributed by atoms with Crippen LogP contribution in [0, 0.1) is 0 Å². The molecule has 0 saturated heterocycles. The van der Waals surface area contributed by atoms with Gasteiger partial charge in [0.25, 0.3) is 5.91 Å². The number of halogens is 1. The summed E-state index contributed by atoms with van der Waals surface area (Å²) in [5, 5.41) is 0. The van der Waals surface area contributed by atoms with Gasteiger partial charge in [0.15, 0.2) is 0 Å². The number of amides is 1. The van der Waals surface area contributed by atoms with E-state index in [2.05, 4.69) is 20.9 Å². The molecule has 1 aliphatic rings. The molecule has 1 unspecified atom stereocenters. The summed E-state index contributed by atoms with van der Waals surface area (Å²) in [5.74, 6) is 0.952. The summed E-state index contributed by atoms with van der Waals surface area (Å²) in [6, 6.07) is 0. The number of ether oxygens (including phenoxy) is 1. The molecule has 0 radical (unpaired) electrons. The third-order valence-corrected chi connectivity index (χ3v) is 4.32. The Morgan fingerprint density at radius 2 is 2.20 bits per heavy atom. The molecule has 110 valence electrons. The molecule has 20 heavy (non-hydrogen) atoms. The van der Waals surface area contributed by atoms with Crippen molar-refractivity contribution in [3.8, 4) is 0 Å². The van der Waals surface area contributed by atoms with E-state index in [9.17, 15) is 4.79 Å². The minimum Gasteiger partial charge on any atom is -0.372 e. The van der Waals surface area contributed by atoms with Crippen LogP contribution in [0.15, 0.2) is 10.7 Å². The van der Waals surface area contributed by atoms with E-state index < -0.39 is 6.10 Å². The Morgan fingerprint density at radius 1 is 1.50 bits per heavy atom. The van der Waals surface area contributed by atoms with E-state index in [1.807, 2.05) is 30.1 Å².